The van der Waals surface area contributed by atoms with Gasteiger partial charge in [-0.1, -0.05) is 32.5 Å². The molecular formula is C21H26N4O4S. The topological polar surface area (TPSA) is 124 Å². The van der Waals surface area contributed by atoms with E-state index in [9.17, 15) is 14.4 Å². The number of nitrogens with two attached hydrogens (primary N) is 1. The van der Waals surface area contributed by atoms with Gasteiger partial charge in [-0.3, -0.25) is 9.59 Å². The lowest BCUT2D eigenvalue weighted by Crippen LogP contribution is -2.27. The third kappa shape index (κ3) is 6.03. The highest BCUT2D eigenvalue weighted by Crippen LogP contribution is 2.25. The minimum atomic E-state index is -0.589. The number of anilines is 2. The van der Waals surface area contributed by atoms with Crippen LogP contribution in [0.4, 0.5) is 11.5 Å². The van der Waals surface area contributed by atoms with E-state index in [4.69, 9.17) is 10.5 Å². The Kier molecular flexibility index (Phi) is 7.55. The lowest BCUT2D eigenvalue weighted by Gasteiger charge is -2.17. The fourth-order valence-electron chi connectivity index (χ4n) is 2.28. The summed E-state index contributed by atoms with van der Waals surface area (Å²) in [4.78, 5) is 44.7. The van der Waals surface area contributed by atoms with Crippen molar-refractivity contribution in [1.29, 1.82) is 0 Å². The van der Waals surface area contributed by atoms with E-state index in [2.05, 4.69) is 15.3 Å². The molecule has 0 aliphatic carbocycles. The summed E-state index contributed by atoms with van der Waals surface area (Å²) in [6.45, 7) is 9.13. The molecule has 1 aromatic heterocycles. The maximum absolute atomic E-state index is 12.7. The summed E-state index contributed by atoms with van der Waals surface area (Å²) in [7, 11) is 0. The zero-order valence-electron chi connectivity index (χ0n) is 17.7. The molecule has 9 heteroatoms. The van der Waals surface area contributed by atoms with E-state index in [1.165, 1.54) is 6.20 Å². The van der Waals surface area contributed by atoms with Crippen molar-refractivity contribution in [3.63, 3.8) is 0 Å². The number of carbonyl (C=O) groups excluding carboxylic acids is 3. The first-order chi connectivity index (χ1) is 14.0. The van der Waals surface area contributed by atoms with Crippen molar-refractivity contribution in [3.05, 3.63) is 41.6 Å². The number of esters is 1. The van der Waals surface area contributed by atoms with Gasteiger partial charge in [-0.15, -0.1) is 0 Å². The highest BCUT2D eigenvalue weighted by Gasteiger charge is 2.22. The van der Waals surface area contributed by atoms with Crippen molar-refractivity contribution >= 4 is 40.9 Å². The molecule has 1 heterocycles. The summed E-state index contributed by atoms with van der Waals surface area (Å²) in [5.41, 5.74) is 6.52. The number of rotatable bonds is 7. The Balaban J connectivity index is 2.04. The van der Waals surface area contributed by atoms with Gasteiger partial charge in [0.1, 0.15) is 11.4 Å². The van der Waals surface area contributed by atoms with Gasteiger partial charge >= 0.3 is 5.97 Å². The number of hydrogen-bond donors (Lipinski definition) is 2. The third-order valence-corrected chi connectivity index (χ3v) is 5.03. The van der Waals surface area contributed by atoms with E-state index in [1.807, 2.05) is 20.8 Å². The van der Waals surface area contributed by atoms with Gasteiger partial charge in [0.05, 0.1) is 11.9 Å². The van der Waals surface area contributed by atoms with Gasteiger partial charge in [0, 0.05) is 22.9 Å². The smallest absolute Gasteiger partial charge is 0.343 e. The lowest BCUT2D eigenvalue weighted by molar-refractivity contribution is -0.123. The summed E-state index contributed by atoms with van der Waals surface area (Å²) < 4.78 is 4.89. The Hall–Kier alpha value is -2.94. The van der Waals surface area contributed by atoms with Crippen LogP contribution in [0.15, 0.2) is 35.6 Å². The van der Waals surface area contributed by atoms with Gasteiger partial charge in [0.25, 0.3) is 0 Å². The Morgan fingerprint density at radius 3 is 2.37 bits per heavy atom. The molecule has 0 aliphatic heterocycles. The van der Waals surface area contributed by atoms with Crippen LogP contribution in [0.5, 0.6) is 0 Å². The summed E-state index contributed by atoms with van der Waals surface area (Å²) in [5.74, 6) is -0.810. The molecule has 2 aromatic rings. The van der Waals surface area contributed by atoms with Crippen LogP contribution in [0.2, 0.25) is 0 Å². The standard InChI is InChI=1S/C21H26N4O4S/c1-6-29-18(27)15-11-23-20(25-17(15)22)30-12(2)16(26)13-7-9-14(10-8-13)24-19(28)21(3,4)5/h7-12H,6H2,1-5H3,(H,24,28)(H2,22,23,25)/t12-/m0/s1. The summed E-state index contributed by atoms with van der Waals surface area (Å²) in [6.07, 6.45) is 1.30. The number of nitrogen functional groups attached to an aromatic ring is 1. The van der Waals surface area contributed by atoms with Crippen LogP contribution in [0.25, 0.3) is 0 Å². The highest BCUT2D eigenvalue weighted by atomic mass is 32.2. The van der Waals surface area contributed by atoms with Crippen molar-refractivity contribution in [2.75, 3.05) is 17.7 Å². The van der Waals surface area contributed by atoms with E-state index in [1.54, 1.807) is 38.1 Å². The van der Waals surface area contributed by atoms with Crippen molar-refractivity contribution in [2.24, 2.45) is 5.41 Å². The van der Waals surface area contributed by atoms with Gasteiger partial charge in [0.15, 0.2) is 10.9 Å². The van der Waals surface area contributed by atoms with Gasteiger partial charge < -0.3 is 15.8 Å². The number of amides is 1. The fraction of sp³-hybridized carbons (Fsp3) is 0.381. The third-order valence-electron chi connectivity index (χ3n) is 4.05. The van der Waals surface area contributed by atoms with E-state index in [0.717, 1.165) is 11.8 Å². The number of hydrogen-bond acceptors (Lipinski definition) is 8. The number of carbonyl (C=O) groups is 3. The lowest BCUT2D eigenvalue weighted by atomic mass is 9.95. The largest absolute Gasteiger partial charge is 0.462 e. The quantitative estimate of drug-likeness (QED) is 0.296. The zero-order chi connectivity index (χ0) is 22.5. The summed E-state index contributed by atoms with van der Waals surface area (Å²) in [5, 5.41) is 2.63. The zero-order valence-corrected chi connectivity index (χ0v) is 18.5. The molecule has 3 N–H and O–H groups in total. The Morgan fingerprint density at radius 2 is 1.83 bits per heavy atom. The molecule has 0 radical (unpaired) electrons. The number of nitrogens with one attached hydrogen (secondary N) is 1. The number of ketones is 1. The molecule has 160 valence electrons. The predicted molar refractivity (Wildman–Crippen MR) is 117 cm³/mol. The molecule has 8 nitrogen and oxygen atoms in total. The molecule has 0 unspecified atom stereocenters. The number of thioether (sulfide) groups is 1. The van der Waals surface area contributed by atoms with Crippen molar-refractivity contribution in [1.82, 2.24) is 9.97 Å². The maximum atomic E-state index is 12.7. The molecule has 0 aliphatic rings. The number of aromatic nitrogens is 2. The van der Waals surface area contributed by atoms with Crippen LogP contribution in [0.1, 0.15) is 55.3 Å². The second-order valence-corrected chi connectivity index (χ2v) is 8.89. The van der Waals surface area contributed by atoms with Gasteiger partial charge in [-0.25, -0.2) is 14.8 Å². The first-order valence-electron chi connectivity index (χ1n) is 9.45. The normalized spacial score (nSPS) is 12.2. The molecule has 0 saturated heterocycles. The van der Waals surface area contributed by atoms with Crippen LogP contribution in [0.3, 0.4) is 0 Å². The second-order valence-electron chi connectivity index (χ2n) is 7.58. The molecule has 2 rings (SSSR count). The van der Waals surface area contributed by atoms with Gasteiger partial charge in [0.2, 0.25) is 5.91 Å². The minimum Gasteiger partial charge on any atom is -0.462 e. The first-order valence-corrected chi connectivity index (χ1v) is 10.3. The van der Waals surface area contributed by atoms with E-state index < -0.39 is 16.6 Å². The number of Topliss-reactive ketones (excluding diaryl/α,β-unsaturated/α-hetero) is 1. The Morgan fingerprint density at radius 1 is 1.20 bits per heavy atom. The molecular weight excluding hydrogens is 404 g/mol. The summed E-state index contributed by atoms with van der Waals surface area (Å²) >= 11 is 1.14. The number of ether oxygens (including phenoxy) is 1. The molecule has 1 aromatic carbocycles. The van der Waals surface area contributed by atoms with Crippen molar-refractivity contribution in [3.8, 4) is 0 Å². The molecule has 1 amide bonds. The second kappa shape index (κ2) is 9.71. The molecule has 0 fully saturated rings. The van der Waals surface area contributed by atoms with Crippen molar-refractivity contribution < 1.29 is 19.1 Å². The number of nitrogens with zero attached hydrogens (tertiary/aromatic N) is 2. The van der Waals surface area contributed by atoms with Crippen LogP contribution < -0.4 is 11.1 Å². The van der Waals surface area contributed by atoms with E-state index in [-0.39, 0.29) is 34.8 Å². The van der Waals surface area contributed by atoms with Gasteiger partial charge in [-0.05, 0) is 38.1 Å². The Bertz CT molecular complexity index is 939. The van der Waals surface area contributed by atoms with Crippen LogP contribution in [-0.2, 0) is 9.53 Å². The van der Waals surface area contributed by atoms with E-state index in [0.29, 0.717) is 11.3 Å². The van der Waals surface area contributed by atoms with Crippen molar-refractivity contribution in [2.45, 2.75) is 45.0 Å². The first kappa shape index (κ1) is 23.3. The average Bonchev–Trinajstić information content (AvgIpc) is 2.67. The molecule has 0 spiro atoms. The minimum absolute atomic E-state index is 0.00421. The Labute approximate surface area is 180 Å². The number of benzene rings is 1. The molecule has 1 atom stereocenters. The van der Waals surface area contributed by atoms with E-state index >= 15 is 0 Å². The average molecular weight is 431 g/mol. The molecule has 30 heavy (non-hydrogen) atoms. The van der Waals surface area contributed by atoms with Crippen LogP contribution in [0, 0.1) is 5.41 Å². The summed E-state index contributed by atoms with van der Waals surface area (Å²) in [6, 6.07) is 6.71. The molecule has 0 bridgehead atoms. The highest BCUT2D eigenvalue weighted by molar-refractivity contribution is 8.00. The monoisotopic (exact) mass is 430 g/mol. The SMILES string of the molecule is CCOC(=O)c1cnc(S[C@@H](C)C(=O)c2ccc(NC(=O)C(C)(C)C)cc2)nc1N. The predicted octanol–water partition coefficient (Wildman–Crippen LogP) is 3.58. The van der Waals surface area contributed by atoms with Crippen LogP contribution >= 0.6 is 11.8 Å². The van der Waals surface area contributed by atoms with Gasteiger partial charge in [-0.2, -0.15) is 0 Å². The maximum Gasteiger partial charge on any atom is 0.343 e. The van der Waals surface area contributed by atoms with Crippen LogP contribution in [-0.4, -0.2) is 39.5 Å². The fourth-order valence-corrected chi connectivity index (χ4v) is 3.11. The molecule has 0 saturated carbocycles.